The molecule has 3 heteroatoms. The Labute approximate surface area is 112 Å². The molecule has 100 valence electrons. The molecule has 2 aromatic rings. The summed E-state index contributed by atoms with van der Waals surface area (Å²) < 4.78 is 26.7. The molecule has 2 N–H and O–H groups in total. The van der Waals surface area contributed by atoms with Gasteiger partial charge in [-0.05, 0) is 59.8 Å². The Bertz CT molecular complexity index is 549. The van der Waals surface area contributed by atoms with Gasteiger partial charge in [-0.1, -0.05) is 25.1 Å². The van der Waals surface area contributed by atoms with Crippen molar-refractivity contribution in [2.45, 2.75) is 19.3 Å². The highest BCUT2D eigenvalue weighted by molar-refractivity contribution is 5.64. The maximum atomic E-state index is 13.8. The second kappa shape index (κ2) is 5.93. The van der Waals surface area contributed by atoms with Crippen molar-refractivity contribution in [1.82, 2.24) is 0 Å². The Morgan fingerprint density at radius 1 is 1.00 bits per heavy atom. The molecule has 2 aromatic carbocycles. The van der Waals surface area contributed by atoms with Gasteiger partial charge in [0, 0.05) is 0 Å². The van der Waals surface area contributed by atoms with Gasteiger partial charge >= 0.3 is 0 Å². The standard InChI is InChI=1S/C16H17F2N/c1-11(8-9-19)15-10-13(4-7-16(15)18)12-2-5-14(17)6-3-12/h2-7,10-11H,8-9,19H2,1H3. The summed E-state index contributed by atoms with van der Waals surface area (Å²) in [6.45, 7) is 2.49. The van der Waals surface area contributed by atoms with Gasteiger partial charge in [0.25, 0.3) is 0 Å². The van der Waals surface area contributed by atoms with Gasteiger partial charge in [-0.2, -0.15) is 0 Å². The van der Waals surface area contributed by atoms with Crippen LogP contribution in [0, 0.1) is 11.6 Å². The van der Waals surface area contributed by atoms with Crippen molar-refractivity contribution >= 4 is 0 Å². The minimum atomic E-state index is -0.275. The molecule has 19 heavy (non-hydrogen) atoms. The first-order valence-electron chi connectivity index (χ1n) is 6.37. The second-order valence-electron chi connectivity index (χ2n) is 4.72. The summed E-state index contributed by atoms with van der Waals surface area (Å²) >= 11 is 0. The van der Waals surface area contributed by atoms with E-state index < -0.39 is 0 Å². The van der Waals surface area contributed by atoms with E-state index in [1.807, 2.05) is 13.0 Å². The van der Waals surface area contributed by atoms with E-state index >= 15 is 0 Å². The summed E-state index contributed by atoms with van der Waals surface area (Å²) in [6.07, 6.45) is 0.740. The molecule has 1 atom stereocenters. The largest absolute Gasteiger partial charge is 0.330 e. The highest BCUT2D eigenvalue weighted by Crippen LogP contribution is 2.28. The number of nitrogens with two attached hydrogens (primary N) is 1. The topological polar surface area (TPSA) is 26.0 Å². The van der Waals surface area contributed by atoms with Crippen LogP contribution in [0.15, 0.2) is 42.5 Å². The molecule has 0 aliphatic carbocycles. The van der Waals surface area contributed by atoms with Gasteiger partial charge in [0.05, 0.1) is 0 Å². The van der Waals surface area contributed by atoms with Gasteiger partial charge in [0.15, 0.2) is 0 Å². The summed E-state index contributed by atoms with van der Waals surface area (Å²) in [7, 11) is 0. The first-order chi connectivity index (χ1) is 9.11. The molecule has 0 saturated carbocycles. The fourth-order valence-corrected chi connectivity index (χ4v) is 2.15. The van der Waals surface area contributed by atoms with E-state index in [9.17, 15) is 8.78 Å². The molecule has 0 spiro atoms. The number of benzene rings is 2. The van der Waals surface area contributed by atoms with Crippen LogP contribution in [-0.2, 0) is 0 Å². The van der Waals surface area contributed by atoms with Gasteiger partial charge in [0.2, 0.25) is 0 Å². The van der Waals surface area contributed by atoms with E-state index in [2.05, 4.69) is 0 Å². The van der Waals surface area contributed by atoms with E-state index in [1.54, 1.807) is 18.2 Å². The molecule has 0 bridgehead atoms. The zero-order valence-corrected chi connectivity index (χ0v) is 10.9. The summed E-state index contributed by atoms with van der Waals surface area (Å²) in [5.74, 6) is -0.417. The van der Waals surface area contributed by atoms with Crippen LogP contribution in [0.3, 0.4) is 0 Å². The molecular weight excluding hydrogens is 244 g/mol. The van der Waals surface area contributed by atoms with Crippen LogP contribution in [0.4, 0.5) is 8.78 Å². The highest BCUT2D eigenvalue weighted by atomic mass is 19.1. The minimum absolute atomic E-state index is 0.0744. The predicted molar refractivity (Wildman–Crippen MR) is 73.9 cm³/mol. The normalized spacial score (nSPS) is 12.4. The third-order valence-corrected chi connectivity index (χ3v) is 3.30. The van der Waals surface area contributed by atoms with Gasteiger partial charge in [-0.3, -0.25) is 0 Å². The fraction of sp³-hybridized carbons (Fsp3) is 0.250. The van der Waals surface area contributed by atoms with Gasteiger partial charge in [0.1, 0.15) is 11.6 Å². The van der Waals surface area contributed by atoms with Crippen molar-refractivity contribution in [2.75, 3.05) is 6.54 Å². The van der Waals surface area contributed by atoms with Crippen molar-refractivity contribution in [3.8, 4) is 11.1 Å². The minimum Gasteiger partial charge on any atom is -0.330 e. The van der Waals surface area contributed by atoms with E-state index in [0.717, 1.165) is 17.5 Å². The van der Waals surface area contributed by atoms with Gasteiger partial charge < -0.3 is 5.73 Å². The van der Waals surface area contributed by atoms with E-state index in [4.69, 9.17) is 5.73 Å². The predicted octanol–water partition coefficient (Wildman–Crippen LogP) is 4.08. The van der Waals surface area contributed by atoms with E-state index in [-0.39, 0.29) is 17.6 Å². The molecule has 0 aromatic heterocycles. The molecule has 0 fully saturated rings. The molecule has 1 unspecified atom stereocenters. The lowest BCUT2D eigenvalue weighted by atomic mass is 9.93. The van der Waals surface area contributed by atoms with E-state index in [1.165, 1.54) is 18.2 Å². The summed E-state index contributed by atoms with van der Waals surface area (Å²) in [4.78, 5) is 0. The van der Waals surface area contributed by atoms with Crippen molar-refractivity contribution in [3.63, 3.8) is 0 Å². The average Bonchev–Trinajstić information content (AvgIpc) is 2.40. The summed E-state index contributed by atoms with van der Waals surface area (Å²) in [6, 6.07) is 11.2. The van der Waals surface area contributed by atoms with Crippen molar-refractivity contribution in [2.24, 2.45) is 5.73 Å². The molecule has 0 aliphatic heterocycles. The van der Waals surface area contributed by atoms with Crippen LogP contribution in [-0.4, -0.2) is 6.54 Å². The van der Waals surface area contributed by atoms with Gasteiger partial charge in [-0.15, -0.1) is 0 Å². The number of halogens is 2. The monoisotopic (exact) mass is 261 g/mol. The Kier molecular flexibility index (Phi) is 4.27. The quantitative estimate of drug-likeness (QED) is 0.881. The average molecular weight is 261 g/mol. The molecule has 1 nitrogen and oxygen atoms in total. The van der Waals surface area contributed by atoms with Crippen molar-refractivity contribution in [1.29, 1.82) is 0 Å². The van der Waals surface area contributed by atoms with Crippen LogP contribution in [0.5, 0.6) is 0 Å². The zero-order chi connectivity index (χ0) is 13.8. The third kappa shape index (κ3) is 3.18. The molecule has 0 aliphatic rings. The number of hydrogen-bond donors (Lipinski definition) is 1. The number of rotatable bonds is 4. The lowest BCUT2D eigenvalue weighted by molar-refractivity contribution is 0.577. The van der Waals surface area contributed by atoms with Crippen LogP contribution < -0.4 is 5.73 Å². The van der Waals surface area contributed by atoms with Gasteiger partial charge in [-0.25, -0.2) is 8.78 Å². The number of hydrogen-bond acceptors (Lipinski definition) is 1. The highest BCUT2D eigenvalue weighted by Gasteiger charge is 2.11. The third-order valence-electron chi connectivity index (χ3n) is 3.30. The first kappa shape index (κ1) is 13.7. The molecule has 0 saturated heterocycles. The first-order valence-corrected chi connectivity index (χ1v) is 6.37. The maximum absolute atomic E-state index is 13.8. The second-order valence-corrected chi connectivity index (χ2v) is 4.72. The maximum Gasteiger partial charge on any atom is 0.126 e. The van der Waals surface area contributed by atoms with Crippen LogP contribution >= 0.6 is 0 Å². The zero-order valence-electron chi connectivity index (χ0n) is 10.9. The Morgan fingerprint density at radius 2 is 1.63 bits per heavy atom. The van der Waals surface area contributed by atoms with Crippen LogP contribution in [0.25, 0.3) is 11.1 Å². The van der Waals surface area contributed by atoms with Crippen molar-refractivity contribution in [3.05, 3.63) is 59.7 Å². The SMILES string of the molecule is CC(CCN)c1cc(-c2ccc(F)cc2)ccc1F. The van der Waals surface area contributed by atoms with Crippen LogP contribution in [0.2, 0.25) is 0 Å². The fourth-order valence-electron chi connectivity index (χ4n) is 2.15. The lowest BCUT2D eigenvalue weighted by Gasteiger charge is -2.13. The molecule has 0 amide bonds. The van der Waals surface area contributed by atoms with Crippen molar-refractivity contribution < 1.29 is 8.78 Å². The Balaban J connectivity index is 2.37. The summed E-state index contributed by atoms with van der Waals surface area (Å²) in [5.41, 5.74) is 7.94. The molecule has 0 radical (unpaired) electrons. The van der Waals surface area contributed by atoms with E-state index in [0.29, 0.717) is 12.1 Å². The Morgan fingerprint density at radius 3 is 2.26 bits per heavy atom. The summed E-state index contributed by atoms with van der Waals surface area (Å²) in [5, 5.41) is 0. The molecular formula is C16H17F2N. The van der Waals surface area contributed by atoms with Crippen LogP contribution in [0.1, 0.15) is 24.8 Å². The molecule has 2 rings (SSSR count). The Hall–Kier alpha value is -1.74. The smallest absolute Gasteiger partial charge is 0.126 e. The lowest BCUT2D eigenvalue weighted by Crippen LogP contribution is -2.06. The molecule has 0 heterocycles.